The molecule has 0 saturated carbocycles. The fraction of sp³-hybridized carbons (Fsp3) is 0.235. The van der Waals surface area contributed by atoms with Gasteiger partial charge in [0.1, 0.15) is 0 Å². The average Bonchev–Trinajstić information content (AvgIpc) is 2.48. The van der Waals surface area contributed by atoms with Crippen molar-refractivity contribution in [3.8, 4) is 0 Å². The highest BCUT2D eigenvalue weighted by Gasteiger charge is 2.09. The third-order valence-corrected chi connectivity index (χ3v) is 3.88. The van der Waals surface area contributed by atoms with Crippen LogP contribution in [0.3, 0.4) is 0 Å². The predicted octanol–water partition coefficient (Wildman–Crippen LogP) is 4.05. The number of hydrogen-bond acceptors (Lipinski definition) is 2. The third-order valence-electron chi connectivity index (χ3n) is 3.35. The van der Waals surface area contributed by atoms with Crippen LogP contribution in [0, 0.1) is 6.92 Å². The van der Waals surface area contributed by atoms with E-state index in [9.17, 15) is 4.79 Å². The molecule has 1 amide bonds. The Morgan fingerprint density at radius 1 is 1.14 bits per heavy atom. The van der Waals surface area contributed by atoms with Crippen LogP contribution in [0.25, 0.3) is 0 Å². The van der Waals surface area contributed by atoms with Crippen LogP contribution in [0.2, 0.25) is 0 Å². The first kappa shape index (κ1) is 15.7. The number of halogens is 1. The lowest BCUT2D eigenvalue weighted by Crippen LogP contribution is -2.30. The number of nitrogens with one attached hydrogen (secondary N) is 2. The quantitative estimate of drug-likeness (QED) is 0.857. The van der Waals surface area contributed by atoms with Crippen molar-refractivity contribution in [3.63, 3.8) is 0 Å². The van der Waals surface area contributed by atoms with Gasteiger partial charge in [0.15, 0.2) is 0 Å². The number of hydrogen-bond donors (Lipinski definition) is 2. The molecule has 4 heteroatoms. The van der Waals surface area contributed by atoms with Crippen LogP contribution >= 0.6 is 15.9 Å². The standard InChI is InChI=1S/C17H19BrN2O/c1-12-5-3-4-6-16(12)13(2)19-11-17(21)20-15-9-7-14(18)8-10-15/h3-10,13,19H,11H2,1-2H3,(H,20,21)/t13-/m0/s1. The lowest BCUT2D eigenvalue weighted by atomic mass is 10.0. The second-order valence-corrected chi connectivity index (χ2v) is 5.93. The molecule has 0 unspecified atom stereocenters. The molecule has 3 nitrogen and oxygen atoms in total. The average molecular weight is 347 g/mol. The van der Waals surface area contributed by atoms with Gasteiger partial charge in [0.2, 0.25) is 5.91 Å². The van der Waals surface area contributed by atoms with Crippen molar-refractivity contribution in [1.29, 1.82) is 0 Å². The summed E-state index contributed by atoms with van der Waals surface area (Å²) in [6, 6.07) is 15.9. The van der Waals surface area contributed by atoms with Crippen LogP contribution in [0.1, 0.15) is 24.1 Å². The van der Waals surface area contributed by atoms with Crippen molar-refractivity contribution >= 4 is 27.5 Å². The van der Waals surface area contributed by atoms with E-state index < -0.39 is 0 Å². The Bertz CT molecular complexity index is 610. The van der Waals surface area contributed by atoms with Crippen molar-refractivity contribution in [3.05, 3.63) is 64.1 Å². The molecule has 110 valence electrons. The minimum absolute atomic E-state index is 0.0437. The Kier molecular flexibility index (Phi) is 5.53. The molecule has 1 atom stereocenters. The van der Waals surface area contributed by atoms with Crippen molar-refractivity contribution in [2.75, 3.05) is 11.9 Å². The number of aryl methyl sites for hydroxylation is 1. The molecule has 0 aliphatic rings. The number of rotatable bonds is 5. The van der Waals surface area contributed by atoms with Gasteiger partial charge in [0.25, 0.3) is 0 Å². The van der Waals surface area contributed by atoms with E-state index in [1.807, 2.05) is 36.4 Å². The molecule has 2 rings (SSSR count). The van der Waals surface area contributed by atoms with Crippen LogP contribution in [0.5, 0.6) is 0 Å². The molecule has 0 aliphatic heterocycles. The number of carbonyl (C=O) groups is 1. The molecule has 0 fully saturated rings. The summed E-state index contributed by atoms with van der Waals surface area (Å²) in [6.07, 6.45) is 0. The van der Waals surface area contributed by atoms with Crippen LogP contribution in [-0.2, 0) is 4.79 Å². The van der Waals surface area contributed by atoms with E-state index in [1.165, 1.54) is 11.1 Å². The van der Waals surface area contributed by atoms with Crippen LogP contribution in [0.15, 0.2) is 53.0 Å². The predicted molar refractivity (Wildman–Crippen MR) is 90.4 cm³/mol. The van der Waals surface area contributed by atoms with Crippen molar-refractivity contribution < 1.29 is 4.79 Å². The lowest BCUT2D eigenvalue weighted by molar-refractivity contribution is -0.115. The molecule has 0 spiro atoms. The highest BCUT2D eigenvalue weighted by atomic mass is 79.9. The molecule has 0 aromatic heterocycles. The first-order chi connectivity index (χ1) is 10.1. The van der Waals surface area contributed by atoms with E-state index in [4.69, 9.17) is 0 Å². The number of benzene rings is 2. The Morgan fingerprint density at radius 2 is 1.81 bits per heavy atom. The molecule has 2 aromatic rings. The van der Waals surface area contributed by atoms with Gasteiger partial charge in [-0.15, -0.1) is 0 Å². The summed E-state index contributed by atoms with van der Waals surface area (Å²) in [5, 5.41) is 6.12. The van der Waals surface area contributed by atoms with Crippen molar-refractivity contribution in [1.82, 2.24) is 5.32 Å². The summed E-state index contributed by atoms with van der Waals surface area (Å²) in [5.74, 6) is -0.0437. The van der Waals surface area contributed by atoms with Gasteiger partial charge in [0, 0.05) is 16.2 Å². The number of carbonyl (C=O) groups excluding carboxylic acids is 1. The van der Waals surface area contributed by atoms with E-state index in [2.05, 4.69) is 52.5 Å². The van der Waals surface area contributed by atoms with E-state index in [-0.39, 0.29) is 18.5 Å². The smallest absolute Gasteiger partial charge is 0.238 e. The van der Waals surface area contributed by atoms with Crippen LogP contribution in [-0.4, -0.2) is 12.5 Å². The monoisotopic (exact) mass is 346 g/mol. The van der Waals surface area contributed by atoms with E-state index in [0.29, 0.717) is 0 Å². The molecule has 0 radical (unpaired) electrons. The number of anilines is 1. The zero-order valence-electron chi connectivity index (χ0n) is 12.2. The SMILES string of the molecule is Cc1ccccc1[C@H](C)NCC(=O)Nc1ccc(Br)cc1. The lowest BCUT2D eigenvalue weighted by Gasteiger charge is -2.16. The molecule has 0 saturated heterocycles. The summed E-state index contributed by atoms with van der Waals surface area (Å²) < 4.78 is 0.992. The van der Waals surface area contributed by atoms with Gasteiger partial charge < -0.3 is 10.6 Å². The first-order valence-corrected chi connectivity index (χ1v) is 7.70. The molecule has 21 heavy (non-hydrogen) atoms. The summed E-state index contributed by atoms with van der Waals surface area (Å²) in [7, 11) is 0. The minimum Gasteiger partial charge on any atom is -0.325 e. The van der Waals surface area contributed by atoms with Gasteiger partial charge in [-0.1, -0.05) is 40.2 Å². The third kappa shape index (κ3) is 4.69. The maximum atomic E-state index is 11.9. The normalized spacial score (nSPS) is 12.0. The van der Waals surface area contributed by atoms with Gasteiger partial charge in [-0.3, -0.25) is 4.79 Å². The van der Waals surface area contributed by atoms with Crippen molar-refractivity contribution in [2.24, 2.45) is 0 Å². The van der Waals surface area contributed by atoms with Gasteiger partial charge in [0.05, 0.1) is 6.54 Å². The van der Waals surface area contributed by atoms with Gasteiger partial charge in [-0.25, -0.2) is 0 Å². The van der Waals surface area contributed by atoms with Crippen molar-refractivity contribution in [2.45, 2.75) is 19.9 Å². The Hall–Kier alpha value is -1.65. The summed E-state index contributed by atoms with van der Waals surface area (Å²) in [4.78, 5) is 11.9. The van der Waals surface area contributed by atoms with E-state index in [0.717, 1.165) is 10.2 Å². The largest absolute Gasteiger partial charge is 0.325 e. The molecule has 2 aromatic carbocycles. The van der Waals surface area contributed by atoms with Crippen LogP contribution < -0.4 is 10.6 Å². The second kappa shape index (κ2) is 7.38. The molecule has 0 aliphatic carbocycles. The maximum absolute atomic E-state index is 11.9. The summed E-state index contributed by atoms with van der Waals surface area (Å²) in [6.45, 7) is 4.43. The highest BCUT2D eigenvalue weighted by molar-refractivity contribution is 9.10. The molecular weight excluding hydrogens is 328 g/mol. The van der Waals surface area contributed by atoms with Gasteiger partial charge in [-0.05, 0) is 49.2 Å². The Labute approximate surface area is 133 Å². The zero-order chi connectivity index (χ0) is 15.2. The first-order valence-electron chi connectivity index (χ1n) is 6.90. The molecular formula is C17H19BrN2O. The fourth-order valence-corrected chi connectivity index (χ4v) is 2.43. The number of amides is 1. The Balaban J connectivity index is 1.86. The van der Waals surface area contributed by atoms with Gasteiger partial charge >= 0.3 is 0 Å². The van der Waals surface area contributed by atoms with Gasteiger partial charge in [-0.2, -0.15) is 0 Å². The fourth-order valence-electron chi connectivity index (χ4n) is 2.17. The summed E-state index contributed by atoms with van der Waals surface area (Å²) >= 11 is 3.37. The van der Waals surface area contributed by atoms with Crippen LogP contribution in [0.4, 0.5) is 5.69 Å². The molecule has 0 heterocycles. The maximum Gasteiger partial charge on any atom is 0.238 e. The minimum atomic E-state index is -0.0437. The molecule has 0 bridgehead atoms. The highest BCUT2D eigenvalue weighted by Crippen LogP contribution is 2.16. The van der Waals surface area contributed by atoms with E-state index in [1.54, 1.807) is 0 Å². The topological polar surface area (TPSA) is 41.1 Å². The zero-order valence-corrected chi connectivity index (χ0v) is 13.8. The summed E-state index contributed by atoms with van der Waals surface area (Å²) in [5.41, 5.74) is 3.24. The molecule has 2 N–H and O–H groups in total. The van der Waals surface area contributed by atoms with E-state index >= 15 is 0 Å². The second-order valence-electron chi connectivity index (χ2n) is 5.01. The Morgan fingerprint density at radius 3 is 2.48 bits per heavy atom.